The van der Waals surface area contributed by atoms with Gasteiger partial charge in [0.15, 0.2) is 0 Å². The van der Waals surface area contributed by atoms with Crippen molar-refractivity contribution in [2.45, 2.75) is 6.92 Å². The minimum Gasteiger partial charge on any atom is -0.398 e. The van der Waals surface area contributed by atoms with Crippen LogP contribution in [0.25, 0.3) is 11.1 Å². The maximum Gasteiger partial charge on any atom is 0.0426 e. The van der Waals surface area contributed by atoms with E-state index in [1.54, 1.807) is 17.4 Å². The average Bonchev–Trinajstić information content (AvgIpc) is 2.52. The van der Waals surface area contributed by atoms with Crippen LogP contribution in [0.3, 0.4) is 0 Å². The number of hydrogen-bond acceptors (Lipinski definition) is 2. The predicted molar refractivity (Wildman–Crippen MR) is 63.9 cm³/mol. The molecular formula is C11H10ClNS. The van der Waals surface area contributed by atoms with Crippen LogP contribution >= 0.6 is 22.9 Å². The molecule has 0 fully saturated rings. The molecule has 0 saturated carbocycles. The predicted octanol–water partition coefficient (Wildman–Crippen LogP) is 3.96. The lowest BCUT2D eigenvalue weighted by Gasteiger charge is -2.05. The van der Waals surface area contributed by atoms with E-state index in [0.717, 1.165) is 11.3 Å². The Bertz CT molecular complexity index is 462. The summed E-state index contributed by atoms with van der Waals surface area (Å²) in [5.74, 6) is 0. The van der Waals surface area contributed by atoms with E-state index in [1.807, 2.05) is 12.1 Å². The lowest BCUT2D eigenvalue weighted by atomic mass is 10.1. The summed E-state index contributed by atoms with van der Waals surface area (Å²) in [5.41, 5.74) is 8.90. The zero-order chi connectivity index (χ0) is 10.1. The van der Waals surface area contributed by atoms with Crippen molar-refractivity contribution < 1.29 is 0 Å². The minimum atomic E-state index is 0.680. The summed E-state index contributed by atoms with van der Waals surface area (Å²) >= 11 is 7.56. The maximum atomic E-state index is 5.90. The largest absolute Gasteiger partial charge is 0.398 e. The molecule has 72 valence electrons. The third-order valence-corrected chi connectivity index (χ3v) is 3.24. The normalized spacial score (nSPS) is 10.4. The Hall–Kier alpha value is -0.990. The topological polar surface area (TPSA) is 26.0 Å². The minimum absolute atomic E-state index is 0.680. The van der Waals surface area contributed by atoms with Gasteiger partial charge >= 0.3 is 0 Å². The van der Waals surface area contributed by atoms with Crippen LogP contribution in [0, 0.1) is 6.92 Å². The molecule has 2 rings (SSSR count). The number of halogens is 1. The first kappa shape index (κ1) is 9.56. The molecule has 0 radical (unpaired) electrons. The van der Waals surface area contributed by atoms with E-state index in [1.165, 1.54) is 10.4 Å². The fraction of sp³-hybridized carbons (Fsp3) is 0.0909. The van der Waals surface area contributed by atoms with Gasteiger partial charge in [-0.25, -0.2) is 0 Å². The Morgan fingerprint density at radius 1 is 1.21 bits per heavy atom. The van der Waals surface area contributed by atoms with E-state index in [2.05, 4.69) is 18.4 Å². The van der Waals surface area contributed by atoms with Gasteiger partial charge in [0.25, 0.3) is 0 Å². The number of nitrogens with two attached hydrogens (primary N) is 1. The van der Waals surface area contributed by atoms with Crippen molar-refractivity contribution in [1.82, 2.24) is 0 Å². The van der Waals surface area contributed by atoms with Crippen molar-refractivity contribution in [2.24, 2.45) is 0 Å². The molecule has 1 nitrogen and oxygen atoms in total. The van der Waals surface area contributed by atoms with Gasteiger partial charge < -0.3 is 5.73 Å². The third-order valence-electron chi connectivity index (χ3n) is 2.16. The van der Waals surface area contributed by atoms with Crippen LogP contribution in [0.15, 0.2) is 29.6 Å². The summed E-state index contributed by atoms with van der Waals surface area (Å²) < 4.78 is 0. The smallest absolute Gasteiger partial charge is 0.0426 e. The van der Waals surface area contributed by atoms with Crippen molar-refractivity contribution in [1.29, 1.82) is 0 Å². The molecule has 0 aliphatic rings. The lowest BCUT2D eigenvalue weighted by Crippen LogP contribution is -1.89. The maximum absolute atomic E-state index is 5.90. The van der Waals surface area contributed by atoms with Crippen LogP contribution in [0.2, 0.25) is 5.02 Å². The van der Waals surface area contributed by atoms with Gasteiger partial charge in [-0.05, 0) is 36.1 Å². The first-order valence-corrected chi connectivity index (χ1v) is 5.54. The van der Waals surface area contributed by atoms with Gasteiger partial charge in [0.1, 0.15) is 0 Å². The summed E-state index contributed by atoms with van der Waals surface area (Å²) in [6.07, 6.45) is 0. The highest BCUT2D eigenvalue weighted by Crippen LogP contribution is 2.32. The number of aryl methyl sites for hydroxylation is 1. The molecule has 1 aromatic carbocycles. The van der Waals surface area contributed by atoms with E-state index in [0.29, 0.717) is 5.02 Å². The standard InChI is InChI=1S/C11H10ClNS/c1-7-9(4-5-14-7)10-3-2-8(12)6-11(10)13/h2-6H,13H2,1H3. The molecule has 0 atom stereocenters. The van der Waals surface area contributed by atoms with Gasteiger partial charge in [0.2, 0.25) is 0 Å². The van der Waals surface area contributed by atoms with Gasteiger partial charge in [0.05, 0.1) is 0 Å². The zero-order valence-electron chi connectivity index (χ0n) is 7.75. The van der Waals surface area contributed by atoms with Crippen LogP contribution in [0.4, 0.5) is 5.69 Å². The Balaban J connectivity index is 2.58. The van der Waals surface area contributed by atoms with Crippen LogP contribution in [-0.4, -0.2) is 0 Å². The summed E-state index contributed by atoms with van der Waals surface area (Å²) in [4.78, 5) is 1.28. The molecule has 0 unspecified atom stereocenters. The summed E-state index contributed by atoms with van der Waals surface area (Å²) in [6.45, 7) is 2.09. The SMILES string of the molecule is Cc1sccc1-c1ccc(Cl)cc1N. The van der Waals surface area contributed by atoms with E-state index in [9.17, 15) is 0 Å². The molecule has 0 spiro atoms. The second-order valence-electron chi connectivity index (χ2n) is 3.12. The Morgan fingerprint density at radius 3 is 2.57 bits per heavy atom. The Morgan fingerprint density at radius 2 is 2.00 bits per heavy atom. The number of rotatable bonds is 1. The van der Waals surface area contributed by atoms with Crippen LogP contribution < -0.4 is 5.73 Å². The second kappa shape index (κ2) is 3.64. The van der Waals surface area contributed by atoms with E-state index >= 15 is 0 Å². The molecule has 3 heteroatoms. The van der Waals surface area contributed by atoms with Crippen molar-refractivity contribution in [3.63, 3.8) is 0 Å². The van der Waals surface area contributed by atoms with Crippen LogP contribution in [0.5, 0.6) is 0 Å². The highest BCUT2D eigenvalue weighted by Gasteiger charge is 2.06. The number of benzene rings is 1. The highest BCUT2D eigenvalue weighted by atomic mass is 35.5. The number of anilines is 1. The molecule has 14 heavy (non-hydrogen) atoms. The van der Waals surface area contributed by atoms with Gasteiger partial charge in [-0.15, -0.1) is 11.3 Å². The zero-order valence-corrected chi connectivity index (χ0v) is 9.32. The van der Waals surface area contributed by atoms with Crippen molar-refractivity contribution >= 4 is 28.6 Å². The van der Waals surface area contributed by atoms with Gasteiger partial charge in [-0.2, -0.15) is 0 Å². The van der Waals surface area contributed by atoms with E-state index in [4.69, 9.17) is 17.3 Å². The monoisotopic (exact) mass is 223 g/mol. The molecule has 0 bridgehead atoms. The van der Waals surface area contributed by atoms with Gasteiger partial charge in [-0.3, -0.25) is 0 Å². The van der Waals surface area contributed by atoms with Gasteiger partial charge in [0, 0.05) is 21.2 Å². The van der Waals surface area contributed by atoms with E-state index < -0.39 is 0 Å². The number of hydrogen-bond donors (Lipinski definition) is 1. The highest BCUT2D eigenvalue weighted by molar-refractivity contribution is 7.10. The molecule has 1 aromatic heterocycles. The van der Waals surface area contributed by atoms with Gasteiger partial charge in [-0.1, -0.05) is 17.7 Å². The second-order valence-corrected chi connectivity index (χ2v) is 4.68. The molecular weight excluding hydrogens is 214 g/mol. The summed E-state index contributed by atoms with van der Waals surface area (Å²) in [5, 5.41) is 2.75. The third kappa shape index (κ3) is 1.63. The summed E-state index contributed by atoms with van der Waals surface area (Å²) in [6, 6.07) is 7.70. The molecule has 0 amide bonds. The molecule has 0 aliphatic heterocycles. The molecule has 0 saturated heterocycles. The molecule has 2 aromatic rings. The fourth-order valence-corrected chi connectivity index (χ4v) is 2.34. The molecule has 0 aliphatic carbocycles. The van der Waals surface area contributed by atoms with Crippen molar-refractivity contribution in [3.05, 3.63) is 39.5 Å². The van der Waals surface area contributed by atoms with Crippen LogP contribution in [-0.2, 0) is 0 Å². The van der Waals surface area contributed by atoms with E-state index in [-0.39, 0.29) is 0 Å². The quantitative estimate of drug-likeness (QED) is 0.728. The average molecular weight is 224 g/mol. The fourth-order valence-electron chi connectivity index (χ4n) is 1.44. The van der Waals surface area contributed by atoms with Crippen molar-refractivity contribution in [2.75, 3.05) is 5.73 Å². The van der Waals surface area contributed by atoms with Crippen LogP contribution in [0.1, 0.15) is 4.88 Å². The Labute approximate surface area is 92.1 Å². The number of thiophene rings is 1. The summed E-state index contributed by atoms with van der Waals surface area (Å²) in [7, 11) is 0. The molecule has 2 N–H and O–H groups in total. The molecule has 1 heterocycles. The number of nitrogen functional groups attached to an aromatic ring is 1. The first-order chi connectivity index (χ1) is 6.68. The first-order valence-electron chi connectivity index (χ1n) is 4.28. The van der Waals surface area contributed by atoms with Crippen molar-refractivity contribution in [3.8, 4) is 11.1 Å². The lowest BCUT2D eigenvalue weighted by molar-refractivity contribution is 1.58. The Kier molecular flexibility index (Phi) is 2.48.